The molecule has 17 heavy (non-hydrogen) atoms. The molecule has 1 heterocycles. The maximum absolute atomic E-state index is 11.4. The molecule has 0 unspecified atom stereocenters. The van der Waals surface area contributed by atoms with Crippen LogP contribution in [0.4, 0.5) is 0 Å². The predicted octanol–water partition coefficient (Wildman–Crippen LogP) is 1.53. The molecule has 0 atom stereocenters. The number of rotatable bonds is 9. The topological polar surface area (TPSA) is 53.4 Å². The lowest BCUT2D eigenvalue weighted by Crippen LogP contribution is -2.08. The maximum Gasteiger partial charge on any atom is 0.165 e. The Labute approximate surface area is 102 Å². The van der Waals surface area contributed by atoms with Crippen LogP contribution in [0.2, 0.25) is 0 Å². The average molecular weight is 240 g/mol. The first-order chi connectivity index (χ1) is 8.27. The minimum absolute atomic E-state index is 0.122. The van der Waals surface area contributed by atoms with E-state index >= 15 is 0 Å². The van der Waals surface area contributed by atoms with E-state index in [0.717, 1.165) is 13.0 Å². The summed E-state index contributed by atoms with van der Waals surface area (Å²) in [5, 5.41) is 4.11. The number of ketones is 1. The van der Waals surface area contributed by atoms with Crippen LogP contribution in [0.3, 0.4) is 0 Å². The standard InChI is InChI=1S/C12H20N2O3/c1-3-12(15)11-9-13-14(10-11)5-8-17-7-4-6-16-2/h9-10H,3-8H2,1-2H3. The summed E-state index contributed by atoms with van der Waals surface area (Å²) in [6, 6.07) is 0. The summed E-state index contributed by atoms with van der Waals surface area (Å²) >= 11 is 0. The van der Waals surface area contributed by atoms with Crippen LogP contribution in [0.25, 0.3) is 0 Å². The van der Waals surface area contributed by atoms with E-state index in [1.165, 1.54) is 0 Å². The van der Waals surface area contributed by atoms with Crippen molar-refractivity contribution in [3.8, 4) is 0 Å². The number of hydrogen-bond donors (Lipinski definition) is 0. The molecule has 0 fully saturated rings. The Kier molecular flexibility index (Phi) is 6.50. The van der Waals surface area contributed by atoms with Crippen LogP contribution in [0, 0.1) is 0 Å². The molecule has 0 N–H and O–H groups in total. The zero-order chi connectivity index (χ0) is 12.5. The number of aromatic nitrogens is 2. The van der Waals surface area contributed by atoms with E-state index in [4.69, 9.17) is 9.47 Å². The lowest BCUT2D eigenvalue weighted by atomic mass is 10.2. The van der Waals surface area contributed by atoms with Crippen molar-refractivity contribution < 1.29 is 14.3 Å². The lowest BCUT2D eigenvalue weighted by molar-refractivity contribution is 0.0957. The minimum atomic E-state index is 0.122. The molecule has 96 valence electrons. The summed E-state index contributed by atoms with van der Waals surface area (Å²) in [5.74, 6) is 0.122. The van der Waals surface area contributed by atoms with Crippen LogP contribution in [0.1, 0.15) is 30.1 Å². The van der Waals surface area contributed by atoms with Gasteiger partial charge in [-0.3, -0.25) is 9.48 Å². The van der Waals surface area contributed by atoms with E-state index in [1.54, 1.807) is 24.2 Å². The molecule has 0 bridgehead atoms. The first-order valence-corrected chi connectivity index (χ1v) is 5.90. The van der Waals surface area contributed by atoms with Gasteiger partial charge in [-0.1, -0.05) is 6.92 Å². The number of Topliss-reactive ketones (excluding diaryl/α,β-unsaturated/α-hetero) is 1. The van der Waals surface area contributed by atoms with Gasteiger partial charge in [0.05, 0.1) is 24.9 Å². The van der Waals surface area contributed by atoms with Gasteiger partial charge in [0.15, 0.2) is 5.78 Å². The molecular weight excluding hydrogens is 220 g/mol. The van der Waals surface area contributed by atoms with Crippen LogP contribution < -0.4 is 0 Å². The highest BCUT2D eigenvalue weighted by atomic mass is 16.5. The fraction of sp³-hybridized carbons (Fsp3) is 0.667. The van der Waals surface area contributed by atoms with Crippen molar-refractivity contribution in [3.05, 3.63) is 18.0 Å². The van der Waals surface area contributed by atoms with Gasteiger partial charge in [-0.05, 0) is 6.42 Å². The van der Waals surface area contributed by atoms with Gasteiger partial charge in [-0.2, -0.15) is 5.10 Å². The smallest absolute Gasteiger partial charge is 0.165 e. The van der Waals surface area contributed by atoms with Crippen molar-refractivity contribution in [2.45, 2.75) is 26.3 Å². The summed E-state index contributed by atoms with van der Waals surface area (Å²) in [6.45, 7) is 4.53. The fourth-order valence-corrected chi connectivity index (χ4v) is 1.40. The Bertz CT molecular complexity index is 336. The second kappa shape index (κ2) is 7.97. The van der Waals surface area contributed by atoms with Crippen LogP contribution in [-0.2, 0) is 16.0 Å². The third-order valence-corrected chi connectivity index (χ3v) is 2.38. The zero-order valence-electron chi connectivity index (χ0n) is 10.5. The molecule has 0 aliphatic carbocycles. The molecule has 0 spiro atoms. The quantitative estimate of drug-likeness (QED) is 0.485. The average Bonchev–Trinajstić information content (AvgIpc) is 2.81. The summed E-state index contributed by atoms with van der Waals surface area (Å²) in [6.07, 6.45) is 4.79. The SMILES string of the molecule is CCC(=O)c1cnn(CCOCCCOC)c1. The summed E-state index contributed by atoms with van der Waals surface area (Å²) in [5.41, 5.74) is 0.673. The molecular formula is C12H20N2O3. The zero-order valence-corrected chi connectivity index (χ0v) is 10.5. The van der Waals surface area contributed by atoms with Gasteiger partial charge in [0.2, 0.25) is 0 Å². The van der Waals surface area contributed by atoms with Crippen molar-refractivity contribution in [1.29, 1.82) is 0 Å². The van der Waals surface area contributed by atoms with Crippen LogP contribution in [-0.4, -0.2) is 42.5 Å². The van der Waals surface area contributed by atoms with Crippen LogP contribution >= 0.6 is 0 Å². The molecule has 0 aliphatic rings. The van der Waals surface area contributed by atoms with E-state index in [9.17, 15) is 4.79 Å². The second-order valence-electron chi connectivity index (χ2n) is 3.73. The monoisotopic (exact) mass is 240 g/mol. The van der Waals surface area contributed by atoms with Gasteiger partial charge in [0.25, 0.3) is 0 Å². The number of methoxy groups -OCH3 is 1. The number of carbonyl (C=O) groups is 1. The molecule has 0 aliphatic heterocycles. The second-order valence-corrected chi connectivity index (χ2v) is 3.73. The number of nitrogens with zero attached hydrogens (tertiary/aromatic N) is 2. The molecule has 0 amide bonds. The Morgan fingerprint density at radius 2 is 2.24 bits per heavy atom. The van der Waals surface area contributed by atoms with Crippen LogP contribution in [0.15, 0.2) is 12.4 Å². The van der Waals surface area contributed by atoms with E-state index in [2.05, 4.69) is 5.10 Å². The van der Waals surface area contributed by atoms with E-state index in [-0.39, 0.29) is 5.78 Å². The third kappa shape index (κ3) is 5.10. The Balaban J connectivity index is 2.19. The predicted molar refractivity (Wildman–Crippen MR) is 64.2 cm³/mol. The Morgan fingerprint density at radius 1 is 1.41 bits per heavy atom. The van der Waals surface area contributed by atoms with Gasteiger partial charge in [0.1, 0.15) is 0 Å². The van der Waals surface area contributed by atoms with E-state index < -0.39 is 0 Å². The molecule has 1 rings (SSSR count). The fourth-order valence-electron chi connectivity index (χ4n) is 1.40. The number of carbonyl (C=O) groups excluding carboxylic acids is 1. The van der Waals surface area contributed by atoms with Crippen molar-refractivity contribution in [2.75, 3.05) is 26.9 Å². The van der Waals surface area contributed by atoms with Crippen LogP contribution in [0.5, 0.6) is 0 Å². The minimum Gasteiger partial charge on any atom is -0.385 e. The summed E-state index contributed by atoms with van der Waals surface area (Å²) in [4.78, 5) is 11.4. The van der Waals surface area contributed by atoms with Gasteiger partial charge in [-0.25, -0.2) is 0 Å². The highest BCUT2D eigenvalue weighted by molar-refractivity contribution is 5.95. The molecule has 5 heteroatoms. The highest BCUT2D eigenvalue weighted by Crippen LogP contribution is 2.01. The van der Waals surface area contributed by atoms with E-state index in [0.29, 0.717) is 31.7 Å². The number of ether oxygens (including phenoxy) is 2. The van der Waals surface area contributed by atoms with Gasteiger partial charge in [-0.15, -0.1) is 0 Å². The largest absolute Gasteiger partial charge is 0.385 e. The lowest BCUT2D eigenvalue weighted by Gasteiger charge is -2.03. The Hall–Kier alpha value is -1.20. The molecule has 0 saturated carbocycles. The first kappa shape index (κ1) is 13.9. The van der Waals surface area contributed by atoms with Crippen molar-refractivity contribution in [3.63, 3.8) is 0 Å². The maximum atomic E-state index is 11.4. The van der Waals surface area contributed by atoms with Gasteiger partial charge in [0, 0.05) is 32.9 Å². The Morgan fingerprint density at radius 3 is 2.94 bits per heavy atom. The van der Waals surface area contributed by atoms with Crippen molar-refractivity contribution in [1.82, 2.24) is 9.78 Å². The van der Waals surface area contributed by atoms with E-state index in [1.807, 2.05) is 6.92 Å². The molecule has 0 saturated heterocycles. The molecule has 1 aromatic rings. The third-order valence-electron chi connectivity index (χ3n) is 2.38. The van der Waals surface area contributed by atoms with Crippen molar-refractivity contribution in [2.24, 2.45) is 0 Å². The highest BCUT2D eigenvalue weighted by Gasteiger charge is 2.05. The summed E-state index contributed by atoms with van der Waals surface area (Å²) in [7, 11) is 1.68. The van der Waals surface area contributed by atoms with Gasteiger partial charge < -0.3 is 9.47 Å². The van der Waals surface area contributed by atoms with Gasteiger partial charge >= 0.3 is 0 Å². The van der Waals surface area contributed by atoms with Crippen molar-refractivity contribution >= 4 is 5.78 Å². The normalized spacial score (nSPS) is 10.7. The molecule has 0 aromatic carbocycles. The summed E-state index contributed by atoms with van der Waals surface area (Å²) < 4.78 is 12.1. The first-order valence-electron chi connectivity index (χ1n) is 5.90. The molecule has 1 aromatic heterocycles. The molecule has 5 nitrogen and oxygen atoms in total. The number of hydrogen-bond acceptors (Lipinski definition) is 4. The molecule has 0 radical (unpaired) electrons.